The highest BCUT2D eigenvalue weighted by atomic mass is 19.4. The van der Waals surface area contributed by atoms with Crippen molar-refractivity contribution in [2.24, 2.45) is 0 Å². The van der Waals surface area contributed by atoms with E-state index in [2.05, 4.69) is 15.2 Å². The quantitative estimate of drug-likeness (QED) is 0.475. The first kappa shape index (κ1) is 30.6. The van der Waals surface area contributed by atoms with E-state index in [1.807, 2.05) is 24.3 Å². The van der Waals surface area contributed by atoms with Crippen LogP contribution >= 0.6 is 0 Å². The lowest BCUT2D eigenvalue weighted by Gasteiger charge is -2.21. The summed E-state index contributed by atoms with van der Waals surface area (Å²) in [6.07, 6.45) is -3.49. The molecule has 210 valence electrons. The molecule has 38 heavy (non-hydrogen) atoms. The van der Waals surface area contributed by atoms with Gasteiger partial charge in [0, 0.05) is 37.9 Å². The van der Waals surface area contributed by atoms with Crippen LogP contribution in [-0.2, 0) is 32.2 Å². The number of aromatic nitrogens is 1. The Balaban J connectivity index is 0.000000301. The van der Waals surface area contributed by atoms with Crippen LogP contribution in [0.15, 0.2) is 47.3 Å². The summed E-state index contributed by atoms with van der Waals surface area (Å²) in [5, 5.41) is 17.2. The first-order valence-electron chi connectivity index (χ1n) is 10.9. The molecule has 4 rings (SSSR count). The molecule has 4 heterocycles. The van der Waals surface area contributed by atoms with Gasteiger partial charge < -0.3 is 24.7 Å². The number of alkyl halides is 6. The predicted molar refractivity (Wildman–Crippen MR) is 114 cm³/mol. The number of hydrogen-bond acceptors (Lipinski definition) is 7. The van der Waals surface area contributed by atoms with Gasteiger partial charge in [0.1, 0.15) is 11.9 Å². The molecule has 2 fully saturated rings. The Labute approximate surface area is 211 Å². The van der Waals surface area contributed by atoms with Gasteiger partial charge in [-0.1, -0.05) is 6.07 Å². The fourth-order valence-electron chi connectivity index (χ4n) is 3.61. The largest absolute Gasteiger partial charge is 0.490 e. The maximum atomic E-state index is 12.4. The number of carbonyl (C=O) groups is 3. The molecule has 0 unspecified atom stereocenters. The summed E-state index contributed by atoms with van der Waals surface area (Å²) in [6.45, 7) is 2.25. The van der Waals surface area contributed by atoms with Gasteiger partial charge in [0.05, 0.1) is 18.9 Å². The fourth-order valence-corrected chi connectivity index (χ4v) is 3.61. The van der Waals surface area contributed by atoms with Crippen molar-refractivity contribution in [2.45, 2.75) is 56.5 Å². The highest BCUT2D eigenvalue weighted by molar-refractivity contribution is 5.81. The number of pyridine rings is 1. The van der Waals surface area contributed by atoms with Crippen molar-refractivity contribution in [3.05, 3.63) is 54.2 Å². The molecule has 0 saturated carbocycles. The molecule has 2 aromatic rings. The van der Waals surface area contributed by atoms with Gasteiger partial charge in [0.2, 0.25) is 5.91 Å². The van der Waals surface area contributed by atoms with E-state index in [9.17, 15) is 31.1 Å². The van der Waals surface area contributed by atoms with Gasteiger partial charge in [-0.25, -0.2) is 9.59 Å². The normalized spacial score (nSPS) is 20.8. The van der Waals surface area contributed by atoms with Gasteiger partial charge in [-0.15, -0.1) is 0 Å². The molecule has 3 atom stereocenters. The summed E-state index contributed by atoms with van der Waals surface area (Å²) in [5.74, 6) is -4.59. The van der Waals surface area contributed by atoms with Crippen LogP contribution in [0.2, 0.25) is 0 Å². The lowest BCUT2D eigenvalue weighted by molar-refractivity contribution is -0.193. The zero-order valence-corrected chi connectivity index (χ0v) is 19.4. The molecule has 2 saturated heterocycles. The van der Waals surface area contributed by atoms with E-state index >= 15 is 0 Å². The summed E-state index contributed by atoms with van der Waals surface area (Å²) in [4.78, 5) is 36.6. The Bertz CT molecular complexity index is 1020. The molecule has 1 amide bonds. The number of hydrogen-bond donors (Lipinski definition) is 3. The number of carboxylic acids is 2. The minimum absolute atomic E-state index is 0.0359. The average molecular weight is 555 g/mol. The molecule has 2 aromatic heterocycles. The minimum Gasteiger partial charge on any atom is -0.475 e. The van der Waals surface area contributed by atoms with E-state index in [1.165, 1.54) is 0 Å². The average Bonchev–Trinajstić information content (AvgIpc) is 3.57. The summed E-state index contributed by atoms with van der Waals surface area (Å²) in [7, 11) is 0. The lowest BCUT2D eigenvalue weighted by atomic mass is 10.1. The Hall–Kier alpha value is -3.66. The molecule has 2 aliphatic rings. The van der Waals surface area contributed by atoms with Crippen molar-refractivity contribution < 1.29 is 60.1 Å². The number of amides is 1. The predicted octanol–water partition coefficient (Wildman–Crippen LogP) is 2.99. The molecule has 0 radical (unpaired) electrons. The second-order valence-corrected chi connectivity index (χ2v) is 7.99. The second kappa shape index (κ2) is 13.2. The summed E-state index contributed by atoms with van der Waals surface area (Å²) in [6, 6.07) is 8.00. The number of carboxylic acid groups (broad SMARTS) is 2. The second-order valence-electron chi connectivity index (χ2n) is 7.99. The van der Waals surface area contributed by atoms with Crippen molar-refractivity contribution in [2.75, 3.05) is 6.54 Å². The van der Waals surface area contributed by atoms with Crippen LogP contribution in [-0.4, -0.2) is 75.1 Å². The Morgan fingerprint density at radius 2 is 1.68 bits per heavy atom. The highest BCUT2D eigenvalue weighted by Gasteiger charge is 2.45. The van der Waals surface area contributed by atoms with E-state index in [1.54, 1.807) is 18.7 Å². The number of likely N-dealkylation sites (tertiary alicyclic amines) is 1. The van der Waals surface area contributed by atoms with Crippen LogP contribution in [0.5, 0.6) is 0 Å². The third-order valence-corrected chi connectivity index (χ3v) is 5.30. The van der Waals surface area contributed by atoms with E-state index < -0.39 is 24.3 Å². The molecule has 2 aliphatic heterocycles. The SMILES string of the molecule is O=C(NCc1cccnc1)[C@@H]1C[C@@H]2[C@@H](CCN2Cc2ccco2)O1.O=C(O)C(F)(F)F.O=C(O)C(F)(F)F. The van der Waals surface area contributed by atoms with Crippen LogP contribution in [0.25, 0.3) is 0 Å². The molecule has 0 aromatic carbocycles. The molecule has 0 aliphatic carbocycles. The zero-order valence-electron chi connectivity index (χ0n) is 19.4. The zero-order chi connectivity index (χ0) is 28.5. The molecule has 3 N–H and O–H groups in total. The minimum atomic E-state index is -5.08. The number of rotatable bonds is 5. The number of furan rings is 1. The molecular weight excluding hydrogens is 532 g/mol. The van der Waals surface area contributed by atoms with Crippen LogP contribution in [0.1, 0.15) is 24.2 Å². The fraction of sp³-hybridized carbons (Fsp3) is 0.455. The topological polar surface area (TPSA) is 142 Å². The van der Waals surface area contributed by atoms with Crippen molar-refractivity contribution in [1.82, 2.24) is 15.2 Å². The number of nitrogens with zero attached hydrogens (tertiary/aromatic N) is 2. The Morgan fingerprint density at radius 1 is 1.05 bits per heavy atom. The molecule has 0 bridgehead atoms. The third kappa shape index (κ3) is 9.66. The Kier molecular flexibility index (Phi) is 10.6. The van der Waals surface area contributed by atoms with Crippen LogP contribution < -0.4 is 5.32 Å². The summed E-state index contributed by atoms with van der Waals surface area (Å²) < 4.78 is 74.9. The first-order valence-corrected chi connectivity index (χ1v) is 10.9. The summed E-state index contributed by atoms with van der Waals surface area (Å²) in [5.41, 5.74) is 0.989. The van der Waals surface area contributed by atoms with E-state index in [-0.39, 0.29) is 18.1 Å². The van der Waals surface area contributed by atoms with Gasteiger partial charge in [0.15, 0.2) is 0 Å². The maximum Gasteiger partial charge on any atom is 0.490 e. The standard InChI is InChI=1S/C18H21N3O3.2C2HF3O2/c22-18(20-11-13-3-1-6-19-10-13)17-9-15-16(24-17)5-7-21(15)12-14-4-2-8-23-14;2*3-2(4,5)1(6)7/h1-4,6,8,10,15-17H,5,7,9,11-12H2,(H,20,22);2*(H,6,7)/t15-,16-,17+;;/m1../s1. The molecule has 0 spiro atoms. The number of ether oxygens (including phenoxy) is 1. The van der Waals surface area contributed by atoms with Gasteiger partial charge in [-0.3, -0.25) is 14.7 Å². The van der Waals surface area contributed by atoms with Crippen LogP contribution in [0.4, 0.5) is 26.3 Å². The molecule has 16 heteroatoms. The lowest BCUT2D eigenvalue weighted by Crippen LogP contribution is -2.36. The van der Waals surface area contributed by atoms with Crippen molar-refractivity contribution in [3.8, 4) is 0 Å². The number of carbonyl (C=O) groups excluding carboxylic acids is 1. The smallest absolute Gasteiger partial charge is 0.475 e. The Morgan fingerprint density at radius 3 is 2.18 bits per heavy atom. The van der Waals surface area contributed by atoms with Gasteiger partial charge in [0.25, 0.3) is 0 Å². The van der Waals surface area contributed by atoms with E-state index in [0.717, 1.165) is 37.3 Å². The first-order chi connectivity index (χ1) is 17.7. The van der Waals surface area contributed by atoms with E-state index in [0.29, 0.717) is 12.6 Å². The number of nitrogens with one attached hydrogen (secondary N) is 1. The van der Waals surface area contributed by atoms with E-state index in [4.69, 9.17) is 29.0 Å². The van der Waals surface area contributed by atoms with Gasteiger partial charge in [-0.2, -0.15) is 26.3 Å². The number of halogens is 6. The van der Waals surface area contributed by atoms with Crippen LogP contribution in [0, 0.1) is 0 Å². The third-order valence-electron chi connectivity index (χ3n) is 5.30. The molecule has 10 nitrogen and oxygen atoms in total. The molecular formula is C22H23F6N3O7. The van der Waals surface area contributed by atoms with Crippen molar-refractivity contribution in [1.29, 1.82) is 0 Å². The van der Waals surface area contributed by atoms with Crippen LogP contribution in [0.3, 0.4) is 0 Å². The maximum absolute atomic E-state index is 12.4. The number of fused-ring (bicyclic) bond motifs is 1. The van der Waals surface area contributed by atoms with Crippen molar-refractivity contribution in [3.63, 3.8) is 0 Å². The summed E-state index contributed by atoms with van der Waals surface area (Å²) >= 11 is 0. The monoisotopic (exact) mass is 555 g/mol. The highest BCUT2D eigenvalue weighted by Crippen LogP contribution is 2.34. The number of aliphatic carboxylic acids is 2. The van der Waals surface area contributed by atoms with Gasteiger partial charge in [-0.05, 0) is 30.2 Å². The van der Waals surface area contributed by atoms with Crippen molar-refractivity contribution >= 4 is 17.8 Å². The van der Waals surface area contributed by atoms with Gasteiger partial charge >= 0.3 is 24.3 Å².